The molecule has 0 aliphatic rings. The van der Waals surface area contributed by atoms with E-state index in [2.05, 4.69) is 28.5 Å². The summed E-state index contributed by atoms with van der Waals surface area (Å²) < 4.78 is 31.7. The van der Waals surface area contributed by atoms with E-state index < -0.39 is 10.0 Å². The van der Waals surface area contributed by atoms with Crippen LogP contribution in [0.4, 0.5) is 0 Å². The zero-order valence-corrected chi connectivity index (χ0v) is 14.0. The van der Waals surface area contributed by atoms with E-state index in [0.717, 1.165) is 19.6 Å². The minimum Gasteiger partial charge on any atom is -0.379 e. The molecular formula is C13H22ClN3O3S. The highest BCUT2D eigenvalue weighted by Gasteiger charge is 2.13. The van der Waals surface area contributed by atoms with Crippen LogP contribution in [0.15, 0.2) is 23.2 Å². The highest BCUT2D eigenvalue weighted by atomic mass is 35.5. The molecule has 0 unspecified atom stereocenters. The smallest absolute Gasteiger partial charge is 0.242 e. The van der Waals surface area contributed by atoms with Crippen molar-refractivity contribution < 1.29 is 13.2 Å². The normalized spacial score (nSPS) is 12.0. The van der Waals surface area contributed by atoms with Crippen LogP contribution in [0, 0.1) is 0 Å². The van der Waals surface area contributed by atoms with Crippen LogP contribution in [-0.2, 0) is 14.8 Å². The van der Waals surface area contributed by atoms with Gasteiger partial charge in [0.25, 0.3) is 0 Å². The number of halogens is 1. The summed E-state index contributed by atoms with van der Waals surface area (Å²) in [5.41, 5.74) is 0. The lowest BCUT2D eigenvalue weighted by Crippen LogP contribution is -2.30. The minimum atomic E-state index is -3.55. The van der Waals surface area contributed by atoms with E-state index in [1.54, 1.807) is 0 Å². The molecule has 0 aliphatic carbocycles. The number of likely N-dealkylation sites (N-methyl/N-ethyl adjacent to an activating group) is 1. The average Bonchev–Trinajstić information content (AvgIpc) is 2.47. The Labute approximate surface area is 131 Å². The molecule has 0 radical (unpaired) electrons. The molecule has 0 saturated carbocycles. The van der Waals surface area contributed by atoms with Gasteiger partial charge in [-0.15, -0.1) is 0 Å². The van der Waals surface area contributed by atoms with Crippen molar-refractivity contribution in [2.45, 2.75) is 18.7 Å². The Balaban J connectivity index is 2.27. The van der Waals surface area contributed by atoms with E-state index in [0.29, 0.717) is 13.2 Å². The van der Waals surface area contributed by atoms with Crippen LogP contribution < -0.4 is 4.72 Å². The molecule has 0 spiro atoms. The second kappa shape index (κ2) is 9.32. The van der Waals surface area contributed by atoms with Gasteiger partial charge in [0.05, 0.1) is 13.2 Å². The third kappa shape index (κ3) is 6.71. The highest BCUT2D eigenvalue weighted by molar-refractivity contribution is 7.89. The quantitative estimate of drug-likeness (QED) is 0.516. The first-order valence-corrected chi connectivity index (χ1v) is 8.77. The van der Waals surface area contributed by atoms with Gasteiger partial charge in [0, 0.05) is 19.3 Å². The lowest BCUT2D eigenvalue weighted by molar-refractivity contribution is 0.111. The van der Waals surface area contributed by atoms with Crippen LogP contribution in [0.5, 0.6) is 0 Å². The fraction of sp³-hybridized carbons (Fsp3) is 0.615. The Hall–Kier alpha value is -0.730. The van der Waals surface area contributed by atoms with E-state index in [9.17, 15) is 8.42 Å². The van der Waals surface area contributed by atoms with Gasteiger partial charge in [0.2, 0.25) is 10.0 Å². The summed E-state index contributed by atoms with van der Waals surface area (Å²) in [7, 11) is -3.55. The maximum absolute atomic E-state index is 11.9. The van der Waals surface area contributed by atoms with Gasteiger partial charge >= 0.3 is 0 Å². The number of pyridine rings is 1. The van der Waals surface area contributed by atoms with Gasteiger partial charge in [0.1, 0.15) is 10.0 Å². The standard InChI is InChI=1S/C13H22ClN3O3S/c1-3-17(4-2)8-10-20-9-7-16-21(18,19)12-5-6-13(14)15-11-12/h5-6,11,16H,3-4,7-10H2,1-2H3. The molecule has 1 N–H and O–H groups in total. The van der Waals surface area contributed by atoms with Gasteiger partial charge in [-0.05, 0) is 25.2 Å². The maximum Gasteiger partial charge on any atom is 0.242 e. The Morgan fingerprint density at radius 2 is 2.00 bits per heavy atom. The molecule has 0 atom stereocenters. The van der Waals surface area contributed by atoms with E-state index in [1.165, 1.54) is 18.3 Å². The molecule has 0 amide bonds. The molecule has 120 valence electrons. The zero-order valence-electron chi connectivity index (χ0n) is 12.4. The van der Waals surface area contributed by atoms with Crippen molar-refractivity contribution in [1.29, 1.82) is 0 Å². The molecule has 1 rings (SSSR count). The fourth-order valence-corrected chi connectivity index (χ4v) is 2.76. The van der Waals surface area contributed by atoms with Crippen molar-refractivity contribution in [2.75, 3.05) is 39.4 Å². The monoisotopic (exact) mass is 335 g/mol. The molecular weight excluding hydrogens is 314 g/mol. The molecule has 1 aromatic rings. The summed E-state index contributed by atoms with van der Waals surface area (Å²) in [4.78, 5) is 6.08. The van der Waals surface area contributed by atoms with Crippen LogP contribution in [0.1, 0.15) is 13.8 Å². The highest BCUT2D eigenvalue weighted by Crippen LogP contribution is 2.10. The van der Waals surface area contributed by atoms with Gasteiger partial charge in [-0.1, -0.05) is 25.4 Å². The van der Waals surface area contributed by atoms with Crippen molar-refractivity contribution in [3.05, 3.63) is 23.5 Å². The molecule has 0 fully saturated rings. The second-order valence-electron chi connectivity index (χ2n) is 4.35. The third-order valence-corrected chi connectivity index (χ3v) is 4.67. The minimum absolute atomic E-state index is 0.0926. The van der Waals surface area contributed by atoms with E-state index in [4.69, 9.17) is 16.3 Å². The molecule has 0 bridgehead atoms. The Morgan fingerprint density at radius 1 is 1.29 bits per heavy atom. The number of rotatable bonds is 10. The number of hydrogen-bond donors (Lipinski definition) is 1. The third-order valence-electron chi connectivity index (χ3n) is 3.00. The van der Waals surface area contributed by atoms with Crippen LogP contribution in [0.25, 0.3) is 0 Å². The number of ether oxygens (including phenoxy) is 1. The van der Waals surface area contributed by atoms with Crippen molar-refractivity contribution in [1.82, 2.24) is 14.6 Å². The zero-order chi connectivity index (χ0) is 15.7. The van der Waals surface area contributed by atoms with Crippen molar-refractivity contribution in [2.24, 2.45) is 0 Å². The summed E-state index contributed by atoms with van der Waals surface area (Å²) >= 11 is 5.62. The predicted molar refractivity (Wildman–Crippen MR) is 83.0 cm³/mol. The summed E-state index contributed by atoms with van der Waals surface area (Å²) in [6, 6.07) is 2.86. The number of nitrogens with zero attached hydrogens (tertiary/aromatic N) is 2. The molecule has 1 aromatic heterocycles. The van der Waals surface area contributed by atoms with Crippen LogP contribution in [0.3, 0.4) is 0 Å². The Kier molecular flexibility index (Phi) is 8.13. The van der Waals surface area contributed by atoms with Gasteiger partial charge in [-0.25, -0.2) is 18.1 Å². The van der Waals surface area contributed by atoms with Gasteiger partial charge in [-0.3, -0.25) is 0 Å². The van der Waals surface area contributed by atoms with E-state index in [-0.39, 0.29) is 16.6 Å². The van der Waals surface area contributed by atoms with Gasteiger partial charge < -0.3 is 9.64 Å². The first kappa shape index (κ1) is 18.3. The molecule has 6 nitrogen and oxygen atoms in total. The lowest BCUT2D eigenvalue weighted by Gasteiger charge is -2.17. The average molecular weight is 336 g/mol. The first-order chi connectivity index (χ1) is 9.99. The van der Waals surface area contributed by atoms with E-state index >= 15 is 0 Å². The maximum atomic E-state index is 11.9. The second-order valence-corrected chi connectivity index (χ2v) is 6.51. The summed E-state index contributed by atoms with van der Waals surface area (Å²) in [5.74, 6) is 0. The predicted octanol–water partition coefficient (Wildman–Crippen LogP) is 1.37. The largest absolute Gasteiger partial charge is 0.379 e. The van der Waals surface area contributed by atoms with Crippen molar-refractivity contribution in [3.8, 4) is 0 Å². The summed E-state index contributed by atoms with van der Waals surface area (Å²) in [6.07, 6.45) is 1.23. The summed E-state index contributed by atoms with van der Waals surface area (Å²) in [5, 5.41) is 0.258. The molecule has 21 heavy (non-hydrogen) atoms. The Bertz CT molecular complexity index is 504. The van der Waals surface area contributed by atoms with Crippen LogP contribution in [-0.4, -0.2) is 57.7 Å². The van der Waals surface area contributed by atoms with Crippen molar-refractivity contribution >= 4 is 21.6 Å². The molecule has 0 aromatic carbocycles. The number of hydrogen-bond acceptors (Lipinski definition) is 5. The van der Waals surface area contributed by atoms with E-state index in [1.807, 2.05) is 0 Å². The van der Waals surface area contributed by atoms with Gasteiger partial charge in [-0.2, -0.15) is 0 Å². The molecule has 0 saturated heterocycles. The molecule has 0 aliphatic heterocycles. The van der Waals surface area contributed by atoms with Crippen molar-refractivity contribution in [3.63, 3.8) is 0 Å². The van der Waals surface area contributed by atoms with Crippen LogP contribution >= 0.6 is 11.6 Å². The summed E-state index contributed by atoms with van der Waals surface area (Å²) in [6.45, 7) is 8.15. The number of sulfonamides is 1. The van der Waals surface area contributed by atoms with Gasteiger partial charge in [0.15, 0.2) is 0 Å². The topological polar surface area (TPSA) is 71.5 Å². The Morgan fingerprint density at radius 3 is 2.57 bits per heavy atom. The SMILES string of the molecule is CCN(CC)CCOCCNS(=O)(=O)c1ccc(Cl)nc1. The molecule has 8 heteroatoms. The first-order valence-electron chi connectivity index (χ1n) is 6.91. The number of nitrogens with one attached hydrogen (secondary N) is 1. The number of aromatic nitrogens is 1. The lowest BCUT2D eigenvalue weighted by atomic mass is 10.5. The molecule has 1 heterocycles. The van der Waals surface area contributed by atoms with Crippen LogP contribution in [0.2, 0.25) is 5.15 Å². The fourth-order valence-electron chi connectivity index (χ4n) is 1.69.